The number of ether oxygens (including phenoxy) is 1. The first-order chi connectivity index (χ1) is 10.5. The lowest BCUT2D eigenvalue weighted by molar-refractivity contribution is -0.208. The predicted molar refractivity (Wildman–Crippen MR) is 90.9 cm³/mol. The molecular formula is C20H34O3. The van der Waals surface area contributed by atoms with Crippen LogP contribution in [0.2, 0.25) is 0 Å². The lowest BCUT2D eigenvalue weighted by Gasteiger charge is -2.65. The molecule has 2 atom stereocenters. The Labute approximate surface area is 141 Å². The van der Waals surface area contributed by atoms with Crippen molar-refractivity contribution >= 4 is 5.97 Å². The van der Waals surface area contributed by atoms with E-state index in [0.717, 1.165) is 25.7 Å². The molecular weight excluding hydrogens is 288 g/mol. The largest absolute Gasteiger partial charge is 0.465 e. The first-order valence-corrected chi connectivity index (χ1v) is 9.41. The van der Waals surface area contributed by atoms with Crippen molar-refractivity contribution in [2.45, 2.75) is 85.2 Å². The predicted octanol–water partition coefficient (Wildman–Crippen LogP) is 4.32. The monoisotopic (exact) mass is 322 g/mol. The van der Waals surface area contributed by atoms with E-state index in [9.17, 15) is 9.90 Å². The summed E-state index contributed by atoms with van der Waals surface area (Å²) in [4.78, 5) is 12.4. The van der Waals surface area contributed by atoms with Gasteiger partial charge in [0, 0.05) is 5.41 Å². The number of hydrogen-bond acceptors (Lipinski definition) is 3. The molecule has 3 nitrogen and oxygen atoms in total. The summed E-state index contributed by atoms with van der Waals surface area (Å²) in [7, 11) is 0. The number of rotatable bonds is 5. The summed E-state index contributed by atoms with van der Waals surface area (Å²) >= 11 is 0. The molecule has 0 spiro atoms. The van der Waals surface area contributed by atoms with E-state index < -0.39 is 11.0 Å². The van der Waals surface area contributed by atoms with E-state index in [1.807, 2.05) is 34.6 Å². The van der Waals surface area contributed by atoms with Crippen molar-refractivity contribution in [3.63, 3.8) is 0 Å². The smallest absolute Gasteiger partial charge is 0.311 e. The lowest BCUT2D eigenvalue weighted by atomic mass is 9.41. The molecule has 4 bridgehead atoms. The van der Waals surface area contributed by atoms with Crippen LogP contribution in [0.3, 0.4) is 0 Å². The summed E-state index contributed by atoms with van der Waals surface area (Å²) in [5.74, 6) is 1.36. The Morgan fingerprint density at radius 2 is 1.70 bits per heavy atom. The molecule has 23 heavy (non-hydrogen) atoms. The molecule has 1 N–H and O–H groups in total. The maximum atomic E-state index is 12.4. The van der Waals surface area contributed by atoms with Crippen LogP contribution in [0.1, 0.15) is 79.6 Å². The first-order valence-electron chi connectivity index (χ1n) is 9.41. The van der Waals surface area contributed by atoms with E-state index in [2.05, 4.69) is 0 Å². The van der Waals surface area contributed by atoms with Crippen molar-refractivity contribution in [2.24, 2.45) is 28.1 Å². The second kappa shape index (κ2) is 5.21. The van der Waals surface area contributed by atoms with Crippen molar-refractivity contribution in [1.82, 2.24) is 0 Å². The Morgan fingerprint density at radius 3 is 2.17 bits per heavy atom. The van der Waals surface area contributed by atoms with Crippen molar-refractivity contribution in [2.75, 3.05) is 6.61 Å². The van der Waals surface area contributed by atoms with Gasteiger partial charge in [-0.3, -0.25) is 4.79 Å². The fourth-order valence-electron chi connectivity index (χ4n) is 5.90. The minimum atomic E-state index is -0.636. The highest BCUT2D eigenvalue weighted by molar-refractivity contribution is 5.75. The quantitative estimate of drug-likeness (QED) is 0.767. The average Bonchev–Trinajstić information content (AvgIpc) is 2.42. The topological polar surface area (TPSA) is 46.5 Å². The number of aliphatic hydroxyl groups is 1. The molecule has 132 valence electrons. The molecule has 4 saturated carbocycles. The molecule has 0 radical (unpaired) electrons. The number of carbonyl (C=O) groups excluding carboxylic acids is 1. The van der Waals surface area contributed by atoms with Crippen LogP contribution >= 0.6 is 0 Å². The Bertz CT molecular complexity index is 472. The molecule has 0 heterocycles. The Balaban J connectivity index is 1.76. The van der Waals surface area contributed by atoms with Crippen LogP contribution < -0.4 is 0 Å². The summed E-state index contributed by atoms with van der Waals surface area (Å²) < 4.78 is 5.82. The molecule has 0 aromatic carbocycles. The zero-order valence-electron chi connectivity index (χ0n) is 15.6. The third-order valence-corrected chi connectivity index (χ3v) is 7.43. The van der Waals surface area contributed by atoms with Gasteiger partial charge >= 0.3 is 5.97 Å². The van der Waals surface area contributed by atoms with Crippen LogP contribution in [0, 0.1) is 28.1 Å². The van der Waals surface area contributed by atoms with Gasteiger partial charge in [0.15, 0.2) is 0 Å². The molecule has 0 aromatic rings. The summed E-state index contributed by atoms with van der Waals surface area (Å²) in [6.07, 6.45) is 7.82. The van der Waals surface area contributed by atoms with Gasteiger partial charge in [-0.05, 0) is 89.9 Å². The van der Waals surface area contributed by atoms with Crippen LogP contribution in [-0.4, -0.2) is 23.3 Å². The molecule has 3 heteroatoms. The second-order valence-corrected chi connectivity index (χ2v) is 10.1. The minimum Gasteiger partial charge on any atom is -0.465 e. The molecule has 4 fully saturated rings. The van der Waals surface area contributed by atoms with Crippen LogP contribution in [0.25, 0.3) is 0 Å². The zero-order chi connectivity index (χ0) is 17.1. The van der Waals surface area contributed by atoms with Gasteiger partial charge in [0.1, 0.15) is 0 Å². The number of esters is 1. The fraction of sp³-hybridized carbons (Fsp3) is 0.950. The van der Waals surface area contributed by atoms with Gasteiger partial charge in [-0.15, -0.1) is 0 Å². The summed E-state index contributed by atoms with van der Waals surface area (Å²) in [5.41, 5.74) is -0.883. The molecule has 4 aliphatic carbocycles. The lowest BCUT2D eigenvalue weighted by Crippen LogP contribution is -2.60. The molecule has 4 rings (SSSR count). The zero-order valence-corrected chi connectivity index (χ0v) is 15.6. The van der Waals surface area contributed by atoms with Crippen LogP contribution in [0.5, 0.6) is 0 Å². The van der Waals surface area contributed by atoms with Gasteiger partial charge in [0.25, 0.3) is 0 Å². The van der Waals surface area contributed by atoms with E-state index in [4.69, 9.17) is 4.74 Å². The van der Waals surface area contributed by atoms with Crippen molar-refractivity contribution in [3.8, 4) is 0 Å². The molecule has 2 unspecified atom stereocenters. The highest BCUT2D eigenvalue weighted by atomic mass is 16.5. The van der Waals surface area contributed by atoms with Gasteiger partial charge in [-0.1, -0.05) is 6.92 Å². The van der Waals surface area contributed by atoms with Gasteiger partial charge in [0.05, 0.1) is 17.6 Å². The fourth-order valence-corrected chi connectivity index (χ4v) is 5.90. The number of carbonyl (C=O) groups is 1. The van der Waals surface area contributed by atoms with E-state index >= 15 is 0 Å². The normalized spacial score (nSPS) is 39.6. The van der Waals surface area contributed by atoms with Crippen LogP contribution in [0.4, 0.5) is 0 Å². The Hall–Kier alpha value is -0.570. The standard InChI is InChI=1S/C20H34O3/c1-6-17(2,3)16(21)23-13-19-8-14-7-15(9-19)11-20(10-14,12-19)18(4,5)22/h14-15,22H,6-13H2,1-5H3. The Kier molecular flexibility index (Phi) is 3.91. The van der Waals surface area contributed by atoms with Crippen molar-refractivity contribution in [1.29, 1.82) is 0 Å². The Morgan fingerprint density at radius 1 is 1.13 bits per heavy atom. The molecule has 4 aliphatic rings. The number of hydrogen-bond donors (Lipinski definition) is 1. The third-order valence-electron chi connectivity index (χ3n) is 7.43. The maximum absolute atomic E-state index is 12.4. The third kappa shape index (κ3) is 2.83. The van der Waals surface area contributed by atoms with Gasteiger partial charge in [-0.2, -0.15) is 0 Å². The highest BCUT2D eigenvalue weighted by Gasteiger charge is 2.62. The second-order valence-electron chi connectivity index (χ2n) is 10.1. The van der Waals surface area contributed by atoms with E-state index in [-0.39, 0.29) is 16.8 Å². The maximum Gasteiger partial charge on any atom is 0.311 e. The van der Waals surface area contributed by atoms with Gasteiger partial charge in [-0.25, -0.2) is 0 Å². The van der Waals surface area contributed by atoms with Crippen molar-refractivity contribution in [3.05, 3.63) is 0 Å². The highest BCUT2D eigenvalue weighted by Crippen LogP contribution is 2.68. The van der Waals surface area contributed by atoms with E-state index in [1.165, 1.54) is 19.3 Å². The first kappa shape index (κ1) is 17.3. The van der Waals surface area contributed by atoms with E-state index in [1.54, 1.807) is 0 Å². The van der Waals surface area contributed by atoms with Crippen LogP contribution in [-0.2, 0) is 9.53 Å². The molecule has 0 aromatic heterocycles. The summed E-state index contributed by atoms with van der Waals surface area (Å²) in [6, 6.07) is 0. The molecule has 0 saturated heterocycles. The minimum absolute atomic E-state index is 0.0315. The summed E-state index contributed by atoms with van der Waals surface area (Å²) in [6.45, 7) is 10.5. The van der Waals surface area contributed by atoms with Crippen LogP contribution in [0.15, 0.2) is 0 Å². The van der Waals surface area contributed by atoms with Gasteiger partial charge in [0.2, 0.25) is 0 Å². The average molecular weight is 322 g/mol. The molecule has 0 amide bonds. The van der Waals surface area contributed by atoms with Crippen molar-refractivity contribution < 1.29 is 14.6 Å². The van der Waals surface area contributed by atoms with E-state index in [0.29, 0.717) is 18.4 Å². The molecule has 0 aliphatic heterocycles. The summed E-state index contributed by atoms with van der Waals surface area (Å²) in [5, 5.41) is 10.8. The van der Waals surface area contributed by atoms with Gasteiger partial charge < -0.3 is 9.84 Å². The SMILES string of the molecule is CCC(C)(C)C(=O)OCC12CC3CC(C1)CC(C(C)(C)O)(C3)C2.